The first-order valence-electron chi connectivity index (χ1n) is 9.71. The second kappa shape index (κ2) is 7.05. The largest absolute Gasteiger partial charge is 0.465 e. The van der Waals surface area contributed by atoms with E-state index >= 15 is 0 Å². The fourth-order valence-electron chi connectivity index (χ4n) is 5.45. The summed E-state index contributed by atoms with van der Waals surface area (Å²) in [6, 6.07) is 0. The smallest absolute Gasteiger partial charge is 0.308 e. The predicted molar refractivity (Wildman–Crippen MR) is 91.0 cm³/mol. The van der Waals surface area contributed by atoms with Crippen LogP contribution in [0.3, 0.4) is 0 Å². The third-order valence-corrected chi connectivity index (χ3v) is 6.63. The van der Waals surface area contributed by atoms with Gasteiger partial charge in [-0.3, -0.25) is 9.59 Å². The van der Waals surface area contributed by atoms with Crippen molar-refractivity contribution in [2.75, 3.05) is 13.2 Å². The second-order valence-corrected chi connectivity index (χ2v) is 8.80. The van der Waals surface area contributed by atoms with Crippen LogP contribution in [0.25, 0.3) is 0 Å². The van der Waals surface area contributed by atoms with Crippen molar-refractivity contribution in [3.05, 3.63) is 0 Å². The van der Waals surface area contributed by atoms with E-state index in [1.54, 1.807) is 0 Å². The lowest BCUT2D eigenvalue weighted by molar-refractivity contribution is -0.153. The number of rotatable bonds is 6. The molecule has 24 heavy (non-hydrogen) atoms. The van der Waals surface area contributed by atoms with Crippen molar-refractivity contribution >= 4 is 11.9 Å². The fraction of sp³-hybridized carbons (Fsp3) is 0.900. The summed E-state index contributed by atoms with van der Waals surface area (Å²) in [5, 5.41) is 0. The Bertz CT molecular complexity index is 484. The van der Waals surface area contributed by atoms with Gasteiger partial charge in [-0.25, -0.2) is 0 Å². The molecule has 136 valence electrons. The molecule has 3 fully saturated rings. The zero-order valence-electron chi connectivity index (χ0n) is 15.5. The van der Waals surface area contributed by atoms with Crippen LogP contribution < -0.4 is 0 Å². The van der Waals surface area contributed by atoms with Crippen LogP contribution in [-0.2, 0) is 19.1 Å². The Morgan fingerprint density at radius 3 is 2.08 bits per heavy atom. The summed E-state index contributed by atoms with van der Waals surface area (Å²) in [6.45, 7) is 8.48. The molecule has 0 radical (unpaired) electrons. The first-order chi connectivity index (χ1) is 11.4. The summed E-state index contributed by atoms with van der Waals surface area (Å²) < 4.78 is 11.2. The second-order valence-electron chi connectivity index (χ2n) is 8.80. The van der Waals surface area contributed by atoms with Gasteiger partial charge < -0.3 is 9.47 Å². The Hall–Kier alpha value is -1.06. The standard InChI is InChI=1S/C20H32O4/c1-11(2)19(21)23-9-15-8-16-13-5-6-14(7-13)18(16)17(15)10-24-20(22)12(3)4/h11-18H,5-10H2,1-4H3. The maximum Gasteiger partial charge on any atom is 0.308 e. The lowest BCUT2D eigenvalue weighted by Crippen LogP contribution is -2.31. The van der Waals surface area contributed by atoms with Gasteiger partial charge in [0.2, 0.25) is 0 Å². The van der Waals surface area contributed by atoms with Gasteiger partial charge in [-0.05, 0) is 55.3 Å². The molecule has 0 spiro atoms. The van der Waals surface area contributed by atoms with Crippen LogP contribution in [0.4, 0.5) is 0 Å². The monoisotopic (exact) mass is 336 g/mol. The third kappa shape index (κ3) is 3.34. The quantitative estimate of drug-likeness (QED) is 0.694. The van der Waals surface area contributed by atoms with E-state index in [9.17, 15) is 9.59 Å². The highest BCUT2D eigenvalue weighted by Crippen LogP contribution is 2.62. The van der Waals surface area contributed by atoms with Gasteiger partial charge >= 0.3 is 11.9 Å². The molecule has 3 rings (SSSR count). The first-order valence-corrected chi connectivity index (χ1v) is 9.71. The Balaban J connectivity index is 1.64. The molecule has 0 aromatic carbocycles. The molecule has 0 saturated heterocycles. The van der Waals surface area contributed by atoms with Gasteiger partial charge in [-0.1, -0.05) is 27.7 Å². The zero-order valence-corrected chi connectivity index (χ0v) is 15.5. The molecule has 0 aromatic rings. The molecule has 0 aromatic heterocycles. The lowest BCUT2D eigenvalue weighted by atomic mass is 9.77. The average molecular weight is 336 g/mol. The Morgan fingerprint density at radius 1 is 0.875 bits per heavy atom. The molecule has 6 unspecified atom stereocenters. The summed E-state index contributed by atoms with van der Waals surface area (Å²) in [4.78, 5) is 23.7. The van der Waals surface area contributed by atoms with E-state index in [2.05, 4.69) is 0 Å². The van der Waals surface area contributed by atoms with E-state index in [0.717, 1.165) is 24.2 Å². The normalized spacial score (nSPS) is 37.1. The van der Waals surface area contributed by atoms with E-state index in [1.165, 1.54) is 19.3 Å². The molecular weight excluding hydrogens is 304 g/mol. The molecule has 0 N–H and O–H groups in total. The number of carbonyl (C=O) groups excluding carboxylic acids is 2. The summed E-state index contributed by atoms with van der Waals surface area (Å²) in [5.74, 6) is 3.41. The Kier molecular flexibility index (Phi) is 5.22. The van der Waals surface area contributed by atoms with Gasteiger partial charge in [0.1, 0.15) is 0 Å². The highest BCUT2D eigenvalue weighted by molar-refractivity contribution is 5.71. The van der Waals surface area contributed by atoms with Gasteiger partial charge in [-0.15, -0.1) is 0 Å². The van der Waals surface area contributed by atoms with E-state index in [1.807, 2.05) is 27.7 Å². The molecule has 3 saturated carbocycles. The van der Waals surface area contributed by atoms with E-state index in [4.69, 9.17) is 9.47 Å². The van der Waals surface area contributed by atoms with Crippen molar-refractivity contribution in [3.8, 4) is 0 Å². The van der Waals surface area contributed by atoms with Crippen molar-refractivity contribution in [2.24, 2.45) is 47.3 Å². The van der Waals surface area contributed by atoms with Crippen LogP contribution in [0, 0.1) is 47.3 Å². The SMILES string of the molecule is CC(C)C(=O)OCC1CC2C3CCC(C3)C2C1COC(=O)C(C)C. The topological polar surface area (TPSA) is 52.6 Å². The minimum absolute atomic E-state index is 0.0838. The van der Waals surface area contributed by atoms with E-state index in [0.29, 0.717) is 31.0 Å². The number of hydrogen-bond acceptors (Lipinski definition) is 4. The van der Waals surface area contributed by atoms with Crippen molar-refractivity contribution in [2.45, 2.75) is 53.4 Å². The number of ether oxygens (including phenoxy) is 2. The average Bonchev–Trinajstić information content (AvgIpc) is 3.21. The van der Waals surface area contributed by atoms with Crippen LogP contribution in [0.15, 0.2) is 0 Å². The van der Waals surface area contributed by atoms with Crippen LogP contribution in [0.5, 0.6) is 0 Å². The summed E-state index contributed by atoms with van der Waals surface area (Å²) in [7, 11) is 0. The minimum Gasteiger partial charge on any atom is -0.465 e. The van der Waals surface area contributed by atoms with Crippen LogP contribution in [-0.4, -0.2) is 25.2 Å². The van der Waals surface area contributed by atoms with Gasteiger partial charge in [0.25, 0.3) is 0 Å². The molecular formula is C20H32O4. The van der Waals surface area contributed by atoms with Crippen LogP contribution in [0.1, 0.15) is 53.4 Å². The molecule has 6 atom stereocenters. The summed E-state index contributed by atoms with van der Waals surface area (Å²) >= 11 is 0. The molecule has 3 aliphatic carbocycles. The molecule has 3 aliphatic rings. The number of carbonyl (C=O) groups is 2. The van der Waals surface area contributed by atoms with Crippen molar-refractivity contribution in [1.29, 1.82) is 0 Å². The molecule has 4 nitrogen and oxygen atoms in total. The van der Waals surface area contributed by atoms with E-state index < -0.39 is 0 Å². The van der Waals surface area contributed by atoms with Crippen molar-refractivity contribution in [1.82, 2.24) is 0 Å². The predicted octanol–water partition coefficient (Wildman–Crippen LogP) is 3.68. The van der Waals surface area contributed by atoms with Crippen LogP contribution in [0.2, 0.25) is 0 Å². The Labute approximate surface area is 145 Å². The maximum absolute atomic E-state index is 11.9. The van der Waals surface area contributed by atoms with Gasteiger partial charge in [0, 0.05) is 5.92 Å². The molecule has 0 aliphatic heterocycles. The highest BCUT2D eigenvalue weighted by Gasteiger charge is 2.57. The number of esters is 2. The summed E-state index contributed by atoms with van der Waals surface area (Å²) in [5.41, 5.74) is 0. The fourth-order valence-corrected chi connectivity index (χ4v) is 5.45. The van der Waals surface area contributed by atoms with Gasteiger partial charge in [0.15, 0.2) is 0 Å². The molecule has 0 heterocycles. The zero-order chi connectivity index (χ0) is 17.4. The third-order valence-electron chi connectivity index (χ3n) is 6.63. The van der Waals surface area contributed by atoms with E-state index in [-0.39, 0.29) is 23.8 Å². The first kappa shape index (κ1) is 17.8. The number of hydrogen-bond donors (Lipinski definition) is 0. The van der Waals surface area contributed by atoms with Crippen LogP contribution >= 0.6 is 0 Å². The molecule has 0 amide bonds. The Morgan fingerprint density at radius 2 is 1.46 bits per heavy atom. The molecule has 2 bridgehead atoms. The van der Waals surface area contributed by atoms with Gasteiger partial charge in [0.05, 0.1) is 25.0 Å². The molecule has 4 heteroatoms. The number of fused-ring (bicyclic) bond motifs is 5. The maximum atomic E-state index is 11.9. The summed E-state index contributed by atoms with van der Waals surface area (Å²) in [6.07, 6.45) is 5.20. The van der Waals surface area contributed by atoms with Gasteiger partial charge in [-0.2, -0.15) is 0 Å². The minimum atomic E-state index is -0.118. The lowest BCUT2D eigenvalue weighted by Gasteiger charge is -2.30. The van der Waals surface area contributed by atoms with Crippen molar-refractivity contribution < 1.29 is 19.1 Å². The highest BCUT2D eigenvalue weighted by atomic mass is 16.5. The van der Waals surface area contributed by atoms with Crippen molar-refractivity contribution in [3.63, 3.8) is 0 Å².